The summed E-state index contributed by atoms with van der Waals surface area (Å²) >= 11 is 1.35. The molecule has 0 aliphatic carbocycles. The molecule has 0 atom stereocenters. The molecule has 4 aromatic rings. The van der Waals surface area contributed by atoms with Gasteiger partial charge in [0.15, 0.2) is 16.0 Å². The van der Waals surface area contributed by atoms with Gasteiger partial charge in [0.1, 0.15) is 11.3 Å². The summed E-state index contributed by atoms with van der Waals surface area (Å²) in [6.45, 7) is 0.987. The molecule has 1 amide bonds. The Labute approximate surface area is 169 Å². The van der Waals surface area contributed by atoms with Crippen LogP contribution in [0.1, 0.15) is 10.6 Å². The molecule has 0 saturated carbocycles. The lowest BCUT2D eigenvalue weighted by Gasteiger charge is -2.05. The number of carbonyl (C=O) groups excluding carboxylic acids is 1. The fourth-order valence-corrected chi connectivity index (χ4v) is 4.10. The fraction of sp³-hybridized carbons (Fsp3) is 0.190. The number of amides is 1. The standard InChI is InChI=1S/C21H18N2O5S/c1-26-10-9-23-15-8-7-13(27-2)11-19(15)29-21(23)22-20(25)18-12-16(24)14-5-3-4-6-17(14)28-18/h3-8,11-12H,9-10H2,1-2H3. The minimum absolute atomic E-state index is 0.0953. The van der Waals surface area contributed by atoms with Crippen molar-refractivity contribution in [1.29, 1.82) is 0 Å². The van der Waals surface area contributed by atoms with Crippen LogP contribution in [0.2, 0.25) is 0 Å². The molecule has 148 valence electrons. The number of para-hydroxylation sites is 1. The quantitative estimate of drug-likeness (QED) is 0.505. The van der Waals surface area contributed by atoms with Crippen molar-refractivity contribution in [1.82, 2.24) is 4.57 Å². The van der Waals surface area contributed by atoms with Gasteiger partial charge in [0.2, 0.25) is 0 Å². The number of aromatic nitrogens is 1. The number of ether oxygens (including phenoxy) is 2. The first-order chi connectivity index (χ1) is 14.1. The summed E-state index contributed by atoms with van der Waals surface area (Å²) in [7, 11) is 3.22. The van der Waals surface area contributed by atoms with Crippen LogP contribution < -0.4 is 15.0 Å². The van der Waals surface area contributed by atoms with Crippen molar-refractivity contribution in [3.63, 3.8) is 0 Å². The first-order valence-corrected chi connectivity index (χ1v) is 9.70. The molecule has 0 radical (unpaired) electrons. The molecular weight excluding hydrogens is 392 g/mol. The molecule has 0 unspecified atom stereocenters. The van der Waals surface area contributed by atoms with Crippen LogP contribution in [-0.2, 0) is 11.3 Å². The normalized spacial score (nSPS) is 12.0. The van der Waals surface area contributed by atoms with E-state index in [4.69, 9.17) is 13.9 Å². The third-order valence-corrected chi connectivity index (χ3v) is 5.49. The minimum atomic E-state index is -0.613. The predicted octanol–water partition coefficient (Wildman–Crippen LogP) is 3.21. The second-order valence-corrected chi connectivity index (χ2v) is 7.26. The Kier molecular flexibility index (Phi) is 5.28. The SMILES string of the molecule is COCCn1c(=NC(=O)c2cc(=O)c3ccccc3o2)sc2cc(OC)ccc21. The first kappa shape index (κ1) is 19.1. The average Bonchev–Trinajstić information content (AvgIpc) is 3.08. The average molecular weight is 410 g/mol. The zero-order valence-electron chi connectivity index (χ0n) is 15.9. The lowest BCUT2D eigenvalue weighted by Crippen LogP contribution is -2.19. The number of nitrogens with zero attached hydrogens (tertiary/aromatic N) is 2. The van der Waals surface area contributed by atoms with E-state index in [1.165, 1.54) is 17.4 Å². The summed E-state index contributed by atoms with van der Waals surface area (Å²) in [4.78, 5) is 29.8. The number of hydrogen-bond donors (Lipinski definition) is 0. The third-order valence-electron chi connectivity index (χ3n) is 4.45. The van der Waals surface area contributed by atoms with E-state index in [9.17, 15) is 9.59 Å². The summed E-state index contributed by atoms with van der Waals surface area (Å²) in [6, 6.07) is 13.6. The van der Waals surface area contributed by atoms with Gasteiger partial charge in [-0.05, 0) is 30.3 Å². The van der Waals surface area contributed by atoms with E-state index in [2.05, 4.69) is 4.99 Å². The van der Waals surface area contributed by atoms with Crippen LogP contribution in [-0.4, -0.2) is 31.3 Å². The van der Waals surface area contributed by atoms with Gasteiger partial charge in [-0.3, -0.25) is 9.59 Å². The molecule has 2 heterocycles. The molecule has 0 saturated heterocycles. The van der Waals surface area contributed by atoms with Crippen LogP contribution in [0.4, 0.5) is 0 Å². The highest BCUT2D eigenvalue weighted by molar-refractivity contribution is 7.16. The molecule has 0 spiro atoms. The number of benzene rings is 2. The molecule has 0 aliphatic rings. The number of hydrogen-bond acceptors (Lipinski definition) is 6. The zero-order chi connectivity index (χ0) is 20.4. The van der Waals surface area contributed by atoms with E-state index in [0.717, 1.165) is 16.0 Å². The Bertz CT molecular complexity index is 1330. The van der Waals surface area contributed by atoms with E-state index >= 15 is 0 Å². The fourth-order valence-electron chi connectivity index (χ4n) is 3.02. The lowest BCUT2D eigenvalue weighted by molar-refractivity contribution is 0.0971. The van der Waals surface area contributed by atoms with Gasteiger partial charge >= 0.3 is 5.91 Å². The minimum Gasteiger partial charge on any atom is -0.497 e. The highest BCUT2D eigenvalue weighted by Crippen LogP contribution is 2.23. The highest BCUT2D eigenvalue weighted by atomic mass is 32.1. The van der Waals surface area contributed by atoms with Crippen molar-refractivity contribution in [3.8, 4) is 5.75 Å². The second kappa shape index (κ2) is 8.02. The van der Waals surface area contributed by atoms with Crippen LogP contribution in [0.25, 0.3) is 21.2 Å². The van der Waals surface area contributed by atoms with Gasteiger partial charge in [-0.2, -0.15) is 4.99 Å². The Morgan fingerprint density at radius 1 is 1.17 bits per heavy atom. The Morgan fingerprint density at radius 3 is 2.79 bits per heavy atom. The molecule has 0 aliphatic heterocycles. The van der Waals surface area contributed by atoms with Crippen molar-refractivity contribution < 1.29 is 18.7 Å². The van der Waals surface area contributed by atoms with Gasteiger partial charge in [0, 0.05) is 19.7 Å². The maximum absolute atomic E-state index is 12.8. The Morgan fingerprint density at radius 2 is 2.00 bits per heavy atom. The second-order valence-electron chi connectivity index (χ2n) is 6.25. The summed E-state index contributed by atoms with van der Waals surface area (Å²) < 4.78 is 18.9. The largest absolute Gasteiger partial charge is 0.497 e. The zero-order valence-corrected chi connectivity index (χ0v) is 16.7. The molecule has 0 fully saturated rings. The van der Waals surface area contributed by atoms with Crippen molar-refractivity contribution in [3.05, 3.63) is 69.3 Å². The molecule has 0 N–H and O–H groups in total. The van der Waals surface area contributed by atoms with Gasteiger partial charge in [0.05, 0.1) is 29.3 Å². The molecule has 4 rings (SSSR count). The Hall–Kier alpha value is -3.23. The smallest absolute Gasteiger partial charge is 0.315 e. The molecule has 8 heteroatoms. The van der Waals surface area contributed by atoms with Crippen LogP contribution in [0.3, 0.4) is 0 Å². The summed E-state index contributed by atoms with van der Waals surface area (Å²) in [5.41, 5.74) is 0.991. The maximum Gasteiger partial charge on any atom is 0.315 e. The molecule has 7 nitrogen and oxygen atoms in total. The van der Waals surface area contributed by atoms with Gasteiger partial charge in [-0.1, -0.05) is 23.5 Å². The van der Waals surface area contributed by atoms with E-state index in [1.807, 2.05) is 22.8 Å². The van der Waals surface area contributed by atoms with Gasteiger partial charge in [-0.25, -0.2) is 0 Å². The predicted molar refractivity (Wildman–Crippen MR) is 111 cm³/mol. The van der Waals surface area contributed by atoms with Crippen molar-refractivity contribution in [2.75, 3.05) is 20.8 Å². The van der Waals surface area contributed by atoms with Crippen LogP contribution in [0.15, 0.2) is 62.7 Å². The van der Waals surface area contributed by atoms with Crippen molar-refractivity contribution in [2.45, 2.75) is 6.54 Å². The number of thiazole rings is 1. The van der Waals surface area contributed by atoms with Crippen LogP contribution in [0.5, 0.6) is 5.75 Å². The maximum atomic E-state index is 12.8. The van der Waals surface area contributed by atoms with E-state index in [0.29, 0.717) is 28.9 Å². The van der Waals surface area contributed by atoms with E-state index in [-0.39, 0.29) is 11.2 Å². The van der Waals surface area contributed by atoms with Gasteiger partial charge in [-0.15, -0.1) is 0 Å². The van der Waals surface area contributed by atoms with Gasteiger partial charge < -0.3 is 18.5 Å². The number of rotatable bonds is 5. The molecule has 0 bridgehead atoms. The molecule has 2 aromatic carbocycles. The molecule has 29 heavy (non-hydrogen) atoms. The first-order valence-electron chi connectivity index (χ1n) is 8.89. The van der Waals surface area contributed by atoms with E-state index < -0.39 is 5.91 Å². The van der Waals surface area contributed by atoms with E-state index in [1.54, 1.807) is 38.5 Å². The molecular formula is C21H18N2O5S. The van der Waals surface area contributed by atoms with Crippen LogP contribution >= 0.6 is 11.3 Å². The topological polar surface area (TPSA) is 83.0 Å². The number of fused-ring (bicyclic) bond motifs is 2. The van der Waals surface area contributed by atoms with Crippen LogP contribution in [0, 0.1) is 0 Å². The van der Waals surface area contributed by atoms with Crippen molar-refractivity contribution >= 4 is 38.4 Å². The number of methoxy groups -OCH3 is 2. The lowest BCUT2D eigenvalue weighted by atomic mass is 10.2. The van der Waals surface area contributed by atoms with Gasteiger partial charge in [0.25, 0.3) is 0 Å². The molecule has 2 aromatic heterocycles. The number of carbonyl (C=O) groups is 1. The summed E-state index contributed by atoms with van der Waals surface area (Å²) in [6.07, 6.45) is 0. The summed E-state index contributed by atoms with van der Waals surface area (Å²) in [5.74, 6) is 0.00983. The summed E-state index contributed by atoms with van der Waals surface area (Å²) in [5, 5.41) is 0.424. The third kappa shape index (κ3) is 3.72. The van der Waals surface area contributed by atoms with Crippen molar-refractivity contribution in [2.24, 2.45) is 4.99 Å². The Balaban J connectivity index is 1.84. The monoisotopic (exact) mass is 410 g/mol. The highest BCUT2D eigenvalue weighted by Gasteiger charge is 2.14.